The molecule has 162 valence electrons. The Morgan fingerprint density at radius 1 is 1.10 bits per heavy atom. The summed E-state index contributed by atoms with van der Waals surface area (Å²) in [5, 5.41) is 6.80. The molecule has 0 saturated carbocycles. The zero-order chi connectivity index (χ0) is 21.7. The first kappa shape index (κ1) is 21.9. The van der Waals surface area contributed by atoms with Crippen molar-refractivity contribution in [2.45, 2.75) is 52.4 Å². The molecule has 1 N–H and O–H groups in total. The van der Waals surface area contributed by atoms with Gasteiger partial charge in [0.2, 0.25) is 17.7 Å². The Morgan fingerprint density at radius 2 is 1.77 bits per heavy atom. The summed E-state index contributed by atoms with van der Waals surface area (Å²) in [4.78, 5) is 29.3. The number of carbonyl (C=O) groups is 2. The van der Waals surface area contributed by atoms with Gasteiger partial charge in [-0.2, -0.15) is 0 Å². The van der Waals surface area contributed by atoms with Gasteiger partial charge in [0.15, 0.2) is 0 Å². The van der Waals surface area contributed by atoms with E-state index in [1.165, 1.54) is 6.42 Å². The first-order chi connectivity index (χ1) is 14.2. The van der Waals surface area contributed by atoms with E-state index in [1.807, 2.05) is 61.8 Å². The topological polar surface area (TPSA) is 78.7 Å². The second-order valence-corrected chi connectivity index (χ2v) is 9.01. The van der Waals surface area contributed by atoms with Crippen molar-refractivity contribution in [2.24, 2.45) is 0 Å². The monoisotopic (exact) mass is 412 g/mol. The Balaban J connectivity index is 1.69. The molecular weight excluding hydrogens is 380 g/mol. The van der Waals surface area contributed by atoms with Crippen LogP contribution < -0.4 is 10.2 Å². The van der Waals surface area contributed by atoms with Gasteiger partial charge < -0.3 is 14.3 Å². The van der Waals surface area contributed by atoms with E-state index in [0.29, 0.717) is 5.88 Å². The van der Waals surface area contributed by atoms with Crippen LogP contribution in [0.5, 0.6) is 0 Å². The van der Waals surface area contributed by atoms with E-state index in [2.05, 4.69) is 10.5 Å². The fraction of sp³-hybridized carbons (Fsp3) is 0.522. The maximum absolute atomic E-state index is 12.8. The van der Waals surface area contributed by atoms with Crippen LogP contribution in [0.1, 0.15) is 51.3 Å². The molecule has 0 spiro atoms. The van der Waals surface area contributed by atoms with Crippen LogP contribution in [0.3, 0.4) is 0 Å². The second kappa shape index (κ2) is 9.32. The number of amides is 2. The number of hydrogen-bond donors (Lipinski definition) is 1. The summed E-state index contributed by atoms with van der Waals surface area (Å²) in [5.41, 5.74) is 2.57. The molecule has 1 aromatic heterocycles. The fourth-order valence-electron chi connectivity index (χ4n) is 3.44. The first-order valence-corrected chi connectivity index (χ1v) is 10.6. The van der Waals surface area contributed by atoms with Crippen molar-refractivity contribution in [3.05, 3.63) is 41.6 Å². The summed E-state index contributed by atoms with van der Waals surface area (Å²) < 4.78 is 5.27. The Bertz CT molecular complexity index is 861. The molecule has 0 aliphatic carbocycles. The molecule has 0 unspecified atom stereocenters. The number of likely N-dealkylation sites (tertiary alicyclic amines) is 1. The van der Waals surface area contributed by atoms with Gasteiger partial charge in [-0.3, -0.25) is 14.9 Å². The minimum absolute atomic E-state index is 0.0498. The summed E-state index contributed by atoms with van der Waals surface area (Å²) in [5.74, 6) is 0.118. The van der Waals surface area contributed by atoms with Gasteiger partial charge in [0.25, 0.3) is 0 Å². The Labute approximate surface area is 178 Å². The minimum atomic E-state index is -0.251. The van der Waals surface area contributed by atoms with Crippen LogP contribution in [0, 0.1) is 6.92 Å². The largest absolute Gasteiger partial charge is 0.353 e. The fourth-order valence-corrected chi connectivity index (χ4v) is 3.44. The minimum Gasteiger partial charge on any atom is -0.353 e. The SMILES string of the molecule is Cc1ccc(N(CC(=O)Nc2cc(C(C)(C)C)no2)CC(=O)N2CCCCC2)cc1. The van der Waals surface area contributed by atoms with Crippen LogP contribution in [0.4, 0.5) is 11.6 Å². The number of anilines is 2. The Morgan fingerprint density at radius 3 is 2.37 bits per heavy atom. The lowest BCUT2D eigenvalue weighted by atomic mass is 9.92. The molecule has 0 atom stereocenters. The van der Waals surface area contributed by atoms with Gasteiger partial charge in [0.05, 0.1) is 18.8 Å². The lowest BCUT2D eigenvalue weighted by Crippen LogP contribution is -2.45. The quantitative estimate of drug-likeness (QED) is 0.782. The molecule has 3 rings (SSSR count). The average Bonchev–Trinajstić information content (AvgIpc) is 3.17. The van der Waals surface area contributed by atoms with Crippen molar-refractivity contribution in [1.29, 1.82) is 0 Å². The molecule has 0 bridgehead atoms. The number of benzene rings is 1. The van der Waals surface area contributed by atoms with Gasteiger partial charge in [0, 0.05) is 30.3 Å². The van der Waals surface area contributed by atoms with Gasteiger partial charge in [-0.25, -0.2) is 0 Å². The molecule has 1 aromatic carbocycles. The normalized spacial score (nSPS) is 14.5. The van der Waals surface area contributed by atoms with Crippen molar-refractivity contribution in [3.63, 3.8) is 0 Å². The summed E-state index contributed by atoms with van der Waals surface area (Å²) in [7, 11) is 0. The van der Waals surface area contributed by atoms with E-state index in [-0.39, 0.29) is 30.3 Å². The van der Waals surface area contributed by atoms with Crippen LogP contribution in [-0.2, 0) is 15.0 Å². The maximum Gasteiger partial charge on any atom is 0.246 e. The molecule has 1 aliphatic rings. The van der Waals surface area contributed by atoms with E-state index in [1.54, 1.807) is 6.07 Å². The number of aromatic nitrogens is 1. The van der Waals surface area contributed by atoms with E-state index >= 15 is 0 Å². The number of nitrogens with zero attached hydrogens (tertiary/aromatic N) is 3. The van der Waals surface area contributed by atoms with Crippen molar-refractivity contribution >= 4 is 23.4 Å². The highest BCUT2D eigenvalue weighted by Crippen LogP contribution is 2.24. The number of piperidine rings is 1. The van der Waals surface area contributed by atoms with Crippen molar-refractivity contribution in [2.75, 3.05) is 36.4 Å². The van der Waals surface area contributed by atoms with E-state index < -0.39 is 0 Å². The summed E-state index contributed by atoms with van der Waals surface area (Å²) in [6.07, 6.45) is 3.25. The number of carbonyl (C=O) groups excluding carboxylic acids is 2. The Hall–Kier alpha value is -2.83. The first-order valence-electron chi connectivity index (χ1n) is 10.6. The molecular formula is C23H32N4O3. The standard InChI is InChI=1S/C23H32N4O3/c1-17-8-10-18(11-9-17)27(16-22(29)26-12-6-5-7-13-26)15-20(28)24-21-14-19(25-30-21)23(2,3)4/h8-11,14H,5-7,12-13,15-16H2,1-4H3,(H,24,28). The van der Waals surface area contributed by atoms with Gasteiger partial charge in [0.1, 0.15) is 0 Å². The highest BCUT2D eigenvalue weighted by atomic mass is 16.5. The molecule has 1 saturated heterocycles. The predicted octanol–water partition coefficient (Wildman–Crippen LogP) is 3.74. The molecule has 7 nitrogen and oxygen atoms in total. The zero-order valence-corrected chi connectivity index (χ0v) is 18.4. The summed E-state index contributed by atoms with van der Waals surface area (Å²) >= 11 is 0. The number of rotatable bonds is 6. The highest BCUT2D eigenvalue weighted by Gasteiger charge is 2.23. The Kier molecular flexibility index (Phi) is 6.80. The zero-order valence-electron chi connectivity index (χ0n) is 18.4. The van der Waals surface area contributed by atoms with Crippen LogP contribution >= 0.6 is 0 Å². The van der Waals surface area contributed by atoms with Gasteiger partial charge >= 0.3 is 0 Å². The maximum atomic E-state index is 12.8. The molecule has 1 aliphatic heterocycles. The average molecular weight is 413 g/mol. The highest BCUT2D eigenvalue weighted by molar-refractivity contribution is 5.94. The third-order valence-corrected chi connectivity index (χ3v) is 5.31. The molecule has 2 amide bonds. The van der Waals surface area contributed by atoms with Crippen LogP contribution in [0.2, 0.25) is 0 Å². The van der Waals surface area contributed by atoms with E-state index in [4.69, 9.17) is 4.52 Å². The molecule has 30 heavy (non-hydrogen) atoms. The lowest BCUT2D eigenvalue weighted by molar-refractivity contribution is -0.130. The summed E-state index contributed by atoms with van der Waals surface area (Å²) in [6.45, 7) is 9.90. The van der Waals surface area contributed by atoms with Gasteiger partial charge in [-0.15, -0.1) is 0 Å². The molecule has 1 fully saturated rings. The number of aryl methyl sites for hydroxylation is 1. The molecule has 7 heteroatoms. The number of nitrogens with one attached hydrogen (secondary N) is 1. The van der Waals surface area contributed by atoms with Crippen molar-refractivity contribution < 1.29 is 14.1 Å². The molecule has 0 radical (unpaired) electrons. The van der Waals surface area contributed by atoms with E-state index in [0.717, 1.165) is 42.9 Å². The molecule has 2 heterocycles. The van der Waals surface area contributed by atoms with Crippen LogP contribution in [0.15, 0.2) is 34.9 Å². The predicted molar refractivity (Wildman–Crippen MR) is 118 cm³/mol. The van der Waals surface area contributed by atoms with Crippen molar-refractivity contribution in [1.82, 2.24) is 10.1 Å². The van der Waals surface area contributed by atoms with E-state index in [9.17, 15) is 9.59 Å². The smallest absolute Gasteiger partial charge is 0.246 e. The molecule has 2 aromatic rings. The number of hydrogen-bond acceptors (Lipinski definition) is 5. The van der Waals surface area contributed by atoms with Crippen molar-refractivity contribution in [3.8, 4) is 0 Å². The second-order valence-electron chi connectivity index (χ2n) is 9.01. The van der Waals surface area contributed by atoms with Crippen LogP contribution in [0.25, 0.3) is 0 Å². The van der Waals surface area contributed by atoms with Gasteiger partial charge in [-0.1, -0.05) is 43.6 Å². The third-order valence-electron chi connectivity index (χ3n) is 5.31. The third kappa shape index (κ3) is 5.84. The lowest BCUT2D eigenvalue weighted by Gasteiger charge is -2.30. The summed E-state index contributed by atoms with van der Waals surface area (Å²) in [6, 6.07) is 9.60. The van der Waals surface area contributed by atoms with Crippen LogP contribution in [-0.4, -0.2) is 48.0 Å². The van der Waals surface area contributed by atoms with Gasteiger partial charge in [-0.05, 0) is 38.3 Å².